The Morgan fingerprint density at radius 1 is 1.27 bits per heavy atom. The smallest absolute Gasteiger partial charge is 0.364 e. The normalized spacial score (nSPS) is 22.9. The van der Waals surface area contributed by atoms with Crippen molar-refractivity contribution in [2.24, 2.45) is 5.16 Å². The largest absolute Gasteiger partial charge is 0.434 e. The number of piperidine rings is 1. The zero-order chi connectivity index (χ0) is 23.8. The molecule has 1 aromatic heterocycles. The van der Waals surface area contributed by atoms with Crippen molar-refractivity contribution in [3.8, 4) is 0 Å². The van der Waals surface area contributed by atoms with Gasteiger partial charge in [-0.25, -0.2) is 14.4 Å². The molecule has 2 N–H and O–H groups in total. The van der Waals surface area contributed by atoms with Gasteiger partial charge in [0.25, 0.3) is 5.91 Å². The Morgan fingerprint density at radius 3 is 2.70 bits per heavy atom. The maximum absolute atomic E-state index is 14.7. The number of benzene rings is 1. The van der Waals surface area contributed by atoms with Gasteiger partial charge in [-0.3, -0.25) is 4.79 Å². The van der Waals surface area contributed by atoms with Crippen LogP contribution in [0.15, 0.2) is 35.7 Å². The highest BCUT2D eigenvalue weighted by molar-refractivity contribution is 5.96. The number of hydrogen-bond acceptors (Lipinski definition) is 7. The molecule has 176 valence electrons. The van der Waals surface area contributed by atoms with Gasteiger partial charge >= 0.3 is 6.18 Å². The number of carbonyl (C=O) groups is 1. The van der Waals surface area contributed by atoms with E-state index in [1.165, 1.54) is 18.2 Å². The number of carbonyl (C=O) groups excluding carboxylic acids is 1. The molecule has 0 radical (unpaired) electrons. The summed E-state index contributed by atoms with van der Waals surface area (Å²) >= 11 is 0. The highest BCUT2D eigenvalue weighted by Crippen LogP contribution is 2.30. The van der Waals surface area contributed by atoms with E-state index in [1.54, 1.807) is 11.8 Å². The molecule has 1 fully saturated rings. The molecule has 1 unspecified atom stereocenters. The number of alkyl halides is 3. The fourth-order valence-corrected chi connectivity index (χ4v) is 4.01. The summed E-state index contributed by atoms with van der Waals surface area (Å²) in [5.41, 5.74) is -0.861. The second-order valence-electron chi connectivity index (χ2n) is 7.92. The molecule has 3 heterocycles. The zero-order valence-corrected chi connectivity index (χ0v) is 17.9. The second kappa shape index (κ2) is 8.83. The van der Waals surface area contributed by atoms with Gasteiger partial charge in [0, 0.05) is 18.6 Å². The number of halogens is 4. The van der Waals surface area contributed by atoms with Crippen LogP contribution in [0.1, 0.15) is 54.5 Å². The maximum atomic E-state index is 14.7. The van der Waals surface area contributed by atoms with Crippen LogP contribution in [-0.4, -0.2) is 45.2 Å². The van der Waals surface area contributed by atoms with Crippen molar-refractivity contribution in [1.82, 2.24) is 20.2 Å². The van der Waals surface area contributed by atoms with E-state index in [1.807, 2.05) is 6.92 Å². The molecule has 0 saturated carbocycles. The Kier molecular flexibility index (Phi) is 6.09. The first-order chi connectivity index (χ1) is 15.6. The topological polar surface area (TPSA) is 91.7 Å². The molecule has 3 atom stereocenters. The summed E-state index contributed by atoms with van der Waals surface area (Å²) in [4.78, 5) is 27.5. The average molecular weight is 466 g/mol. The Hall–Kier alpha value is -3.44. The van der Waals surface area contributed by atoms with Crippen LogP contribution in [0.5, 0.6) is 0 Å². The monoisotopic (exact) mass is 466 g/mol. The molecule has 0 bridgehead atoms. The number of anilines is 1. The van der Waals surface area contributed by atoms with Crippen LogP contribution in [0.3, 0.4) is 0 Å². The Balaban J connectivity index is 1.52. The van der Waals surface area contributed by atoms with E-state index in [-0.39, 0.29) is 34.9 Å². The molecule has 2 aromatic rings. The van der Waals surface area contributed by atoms with Gasteiger partial charge in [-0.1, -0.05) is 11.2 Å². The molecule has 2 aliphatic rings. The number of likely N-dealkylation sites (tertiary alicyclic amines) is 1. The number of amidine groups is 1. The van der Waals surface area contributed by atoms with E-state index in [2.05, 4.69) is 25.8 Å². The summed E-state index contributed by atoms with van der Waals surface area (Å²) in [6.45, 7) is 3.93. The minimum atomic E-state index is -4.57. The number of hydrogen-bond donors (Lipinski definition) is 2. The third-order valence-electron chi connectivity index (χ3n) is 5.71. The summed E-state index contributed by atoms with van der Waals surface area (Å²) < 4.78 is 52.9. The third-order valence-corrected chi connectivity index (χ3v) is 5.71. The number of amides is 1. The van der Waals surface area contributed by atoms with E-state index in [0.717, 1.165) is 6.20 Å². The molecule has 12 heteroatoms. The minimum absolute atomic E-state index is 0.0685. The lowest BCUT2D eigenvalue weighted by Gasteiger charge is -2.40. The molecule has 33 heavy (non-hydrogen) atoms. The zero-order valence-electron chi connectivity index (χ0n) is 17.9. The third kappa shape index (κ3) is 4.69. The van der Waals surface area contributed by atoms with Crippen LogP contribution in [0, 0.1) is 5.82 Å². The van der Waals surface area contributed by atoms with Crippen molar-refractivity contribution >= 4 is 17.6 Å². The molecule has 8 nitrogen and oxygen atoms in total. The predicted molar refractivity (Wildman–Crippen MR) is 111 cm³/mol. The first-order valence-corrected chi connectivity index (χ1v) is 10.4. The first-order valence-electron chi connectivity index (χ1n) is 10.4. The lowest BCUT2D eigenvalue weighted by Crippen LogP contribution is -2.52. The molecular weight excluding hydrogens is 444 g/mol. The van der Waals surface area contributed by atoms with Crippen molar-refractivity contribution in [3.05, 3.63) is 53.2 Å². The lowest BCUT2D eigenvalue weighted by molar-refractivity contribution is -0.141. The van der Waals surface area contributed by atoms with Gasteiger partial charge < -0.3 is 20.4 Å². The standard InChI is InChI=1S/C21H22F4N6O2/c1-11-15(29-17-10-26-16(9-27-17)21(23,24)25)7-4-8-31(11)20(32)13-5-3-6-14(22)18(13)19-28-12(2)30-33-19/h3,5-6,9-11,15,19H,4,7-8H2,1-2H3,(H,27,29)(H,28,30)/t11-,15+,19?/m0/s1. The van der Waals surface area contributed by atoms with Gasteiger partial charge in [0.15, 0.2) is 5.69 Å². The highest BCUT2D eigenvalue weighted by Gasteiger charge is 2.36. The molecule has 0 aliphatic carbocycles. The summed E-state index contributed by atoms with van der Waals surface area (Å²) in [5.74, 6) is -0.328. The highest BCUT2D eigenvalue weighted by atomic mass is 19.4. The molecule has 1 aromatic carbocycles. The van der Waals surface area contributed by atoms with Gasteiger partial charge in [-0.15, -0.1) is 0 Å². The van der Waals surface area contributed by atoms with Gasteiger partial charge in [-0.2, -0.15) is 13.2 Å². The van der Waals surface area contributed by atoms with Gasteiger partial charge in [0.1, 0.15) is 17.5 Å². The molecular formula is C21H22F4N6O2. The van der Waals surface area contributed by atoms with E-state index < -0.39 is 23.9 Å². The van der Waals surface area contributed by atoms with Crippen LogP contribution in [-0.2, 0) is 11.0 Å². The van der Waals surface area contributed by atoms with Crippen molar-refractivity contribution in [3.63, 3.8) is 0 Å². The van der Waals surface area contributed by atoms with Crippen LogP contribution in [0.2, 0.25) is 0 Å². The number of rotatable bonds is 4. The Labute approximate surface area is 187 Å². The van der Waals surface area contributed by atoms with Gasteiger partial charge in [0.2, 0.25) is 6.23 Å². The van der Waals surface area contributed by atoms with Gasteiger partial charge in [0.05, 0.1) is 23.5 Å². The number of aromatic nitrogens is 2. The second-order valence-corrected chi connectivity index (χ2v) is 7.92. The van der Waals surface area contributed by atoms with E-state index in [9.17, 15) is 22.4 Å². The predicted octanol–water partition coefficient (Wildman–Crippen LogP) is 3.69. The average Bonchev–Trinajstić information content (AvgIpc) is 3.20. The van der Waals surface area contributed by atoms with Crippen molar-refractivity contribution < 1.29 is 27.2 Å². The summed E-state index contributed by atoms with van der Waals surface area (Å²) in [6.07, 6.45) is -2.49. The number of nitrogens with one attached hydrogen (secondary N) is 2. The summed E-state index contributed by atoms with van der Waals surface area (Å²) in [7, 11) is 0. The van der Waals surface area contributed by atoms with Gasteiger partial charge in [-0.05, 0) is 38.8 Å². The SMILES string of the molecule is CC1=NOC(c2c(F)cccc2C(=O)N2CCC[C@@H](Nc3cnc(C(F)(F)F)cn3)[C@@H]2C)N1. The van der Waals surface area contributed by atoms with E-state index in [4.69, 9.17) is 4.84 Å². The minimum Gasteiger partial charge on any atom is -0.364 e. The quantitative estimate of drug-likeness (QED) is 0.668. The van der Waals surface area contributed by atoms with Crippen LogP contribution in [0.25, 0.3) is 0 Å². The van der Waals surface area contributed by atoms with E-state index >= 15 is 0 Å². The van der Waals surface area contributed by atoms with Crippen LogP contribution < -0.4 is 10.6 Å². The number of oxime groups is 1. The Morgan fingerprint density at radius 2 is 2.06 bits per heavy atom. The van der Waals surface area contributed by atoms with Crippen molar-refractivity contribution in [2.45, 2.75) is 51.2 Å². The van der Waals surface area contributed by atoms with E-state index in [0.29, 0.717) is 31.4 Å². The maximum Gasteiger partial charge on any atom is 0.434 e. The van der Waals surface area contributed by atoms with Crippen LogP contribution >= 0.6 is 0 Å². The van der Waals surface area contributed by atoms with Crippen LogP contribution in [0.4, 0.5) is 23.4 Å². The van der Waals surface area contributed by atoms with Crippen molar-refractivity contribution in [1.29, 1.82) is 0 Å². The first kappa shape index (κ1) is 22.7. The lowest BCUT2D eigenvalue weighted by atomic mass is 9.95. The Bertz CT molecular complexity index is 1060. The molecule has 1 saturated heterocycles. The summed E-state index contributed by atoms with van der Waals surface area (Å²) in [5, 5.41) is 9.72. The van der Waals surface area contributed by atoms with Crippen molar-refractivity contribution in [2.75, 3.05) is 11.9 Å². The molecule has 0 spiro atoms. The molecule has 2 aliphatic heterocycles. The fraction of sp³-hybridized carbons (Fsp3) is 0.429. The molecule has 4 rings (SSSR count). The summed E-state index contributed by atoms with van der Waals surface area (Å²) in [6, 6.07) is 3.61. The number of nitrogens with zero attached hydrogens (tertiary/aromatic N) is 4. The molecule has 1 amide bonds. The fourth-order valence-electron chi connectivity index (χ4n) is 4.01.